The highest BCUT2D eigenvalue weighted by molar-refractivity contribution is 6.80. The number of allylic oxidation sites excluding steroid dienone is 1. The van der Waals surface area contributed by atoms with Crippen molar-refractivity contribution < 1.29 is 0 Å². The molecule has 1 aliphatic rings. The topological polar surface area (TPSA) is 23.8 Å². The lowest BCUT2D eigenvalue weighted by Gasteiger charge is -2.07. The Morgan fingerprint density at radius 3 is 2.35 bits per heavy atom. The van der Waals surface area contributed by atoms with E-state index in [2.05, 4.69) is 61.8 Å². The van der Waals surface area contributed by atoms with Gasteiger partial charge in [0.2, 0.25) is 0 Å². The second-order valence-electron chi connectivity index (χ2n) is 5.89. The van der Waals surface area contributed by atoms with Crippen molar-refractivity contribution in [3.8, 4) is 6.07 Å². The van der Waals surface area contributed by atoms with Crippen LogP contribution in [0.5, 0.6) is 0 Å². The van der Waals surface area contributed by atoms with Gasteiger partial charge in [-0.25, -0.2) is 0 Å². The SMILES string of the molecule is C[Si](C)(C)/C=C/C1[C@H](C#N)[C@H]1c1ccccc1. The third-order valence-electron chi connectivity index (χ3n) is 3.23. The Kier molecular flexibility index (Phi) is 3.21. The highest BCUT2D eigenvalue weighted by Crippen LogP contribution is 2.54. The molecule has 3 atom stereocenters. The largest absolute Gasteiger partial charge is 0.198 e. The summed E-state index contributed by atoms with van der Waals surface area (Å²) in [6.07, 6.45) is 2.29. The lowest BCUT2D eigenvalue weighted by Crippen LogP contribution is -2.15. The van der Waals surface area contributed by atoms with Crippen molar-refractivity contribution in [1.82, 2.24) is 0 Å². The summed E-state index contributed by atoms with van der Waals surface area (Å²) in [5, 5.41) is 9.17. The van der Waals surface area contributed by atoms with Crippen LogP contribution in [0.1, 0.15) is 11.5 Å². The summed E-state index contributed by atoms with van der Waals surface area (Å²) in [5.74, 6) is 1.05. The summed E-state index contributed by atoms with van der Waals surface area (Å²) in [5.41, 5.74) is 3.68. The summed E-state index contributed by atoms with van der Waals surface area (Å²) in [4.78, 5) is 0. The first-order valence-corrected chi connectivity index (χ1v) is 9.74. The highest BCUT2D eigenvalue weighted by Gasteiger charge is 2.49. The molecule has 88 valence electrons. The molecule has 0 radical (unpaired) electrons. The van der Waals surface area contributed by atoms with Crippen molar-refractivity contribution >= 4 is 8.07 Å². The Hall–Kier alpha value is -1.33. The number of hydrogen-bond donors (Lipinski definition) is 0. The fraction of sp³-hybridized carbons (Fsp3) is 0.400. The van der Waals surface area contributed by atoms with E-state index < -0.39 is 8.07 Å². The molecule has 2 rings (SSSR count). The quantitative estimate of drug-likeness (QED) is 0.734. The van der Waals surface area contributed by atoms with Crippen LogP contribution < -0.4 is 0 Å². The summed E-state index contributed by atoms with van der Waals surface area (Å²) >= 11 is 0. The third kappa shape index (κ3) is 2.86. The monoisotopic (exact) mass is 241 g/mol. The Bertz CT molecular complexity index is 450. The number of nitrogens with zero attached hydrogens (tertiary/aromatic N) is 1. The van der Waals surface area contributed by atoms with Gasteiger partial charge in [-0.15, -0.1) is 0 Å². The zero-order valence-electron chi connectivity index (χ0n) is 10.7. The van der Waals surface area contributed by atoms with Crippen LogP contribution >= 0.6 is 0 Å². The molecule has 1 nitrogen and oxygen atoms in total. The van der Waals surface area contributed by atoms with E-state index in [9.17, 15) is 0 Å². The average Bonchev–Trinajstić information content (AvgIpc) is 3.00. The lowest BCUT2D eigenvalue weighted by molar-refractivity contribution is 1.01. The van der Waals surface area contributed by atoms with Crippen LogP contribution in [0, 0.1) is 23.2 Å². The van der Waals surface area contributed by atoms with Crippen LogP contribution in [0.2, 0.25) is 19.6 Å². The van der Waals surface area contributed by atoms with E-state index in [1.807, 2.05) is 6.07 Å². The first-order valence-electron chi connectivity index (χ1n) is 6.17. The minimum Gasteiger partial charge on any atom is -0.198 e. The summed E-state index contributed by atoms with van der Waals surface area (Å²) in [6, 6.07) is 12.9. The standard InChI is InChI=1S/C15H19NSi/c1-17(2,3)10-9-13-14(11-16)15(13)12-7-5-4-6-8-12/h4-10,13-15H,1-3H3/b10-9+/t13?,14-,15-/m0/s1. The normalized spacial score (nSPS) is 28.0. The van der Waals surface area contributed by atoms with Crippen molar-refractivity contribution in [2.45, 2.75) is 25.6 Å². The third-order valence-corrected chi connectivity index (χ3v) is 4.42. The van der Waals surface area contributed by atoms with E-state index in [1.165, 1.54) is 5.56 Å². The Morgan fingerprint density at radius 1 is 1.18 bits per heavy atom. The number of hydrogen-bond acceptors (Lipinski definition) is 1. The molecule has 0 N–H and O–H groups in total. The van der Waals surface area contributed by atoms with Gasteiger partial charge in [0, 0.05) is 11.8 Å². The van der Waals surface area contributed by atoms with Crippen LogP contribution in [0.3, 0.4) is 0 Å². The van der Waals surface area contributed by atoms with Crippen LogP contribution in [0.25, 0.3) is 0 Å². The molecule has 2 heteroatoms. The molecule has 1 saturated carbocycles. The van der Waals surface area contributed by atoms with Crippen molar-refractivity contribution in [2.24, 2.45) is 11.8 Å². The van der Waals surface area contributed by atoms with Gasteiger partial charge in [-0.3, -0.25) is 0 Å². The smallest absolute Gasteiger partial charge is 0.0683 e. The maximum absolute atomic E-state index is 9.17. The Labute approximate surface area is 105 Å². The zero-order chi connectivity index (χ0) is 12.5. The molecular weight excluding hydrogens is 222 g/mol. The van der Waals surface area contributed by atoms with Crippen LogP contribution in [-0.4, -0.2) is 8.07 Å². The lowest BCUT2D eigenvalue weighted by atomic mass is 10.1. The maximum Gasteiger partial charge on any atom is 0.0683 e. The Balaban J connectivity index is 2.12. The fourth-order valence-electron chi connectivity index (χ4n) is 2.24. The van der Waals surface area contributed by atoms with Gasteiger partial charge in [0.15, 0.2) is 0 Å². The van der Waals surface area contributed by atoms with Gasteiger partial charge in [0.05, 0.1) is 20.1 Å². The first kappa shape index (κ1) is 12.1. The van der Waals surface area contributed by atoms with E-state index in [-0.39, 0.29) is 5.92 Å². The van der Waals surface area contributed by atoms with Crippen molar-refractivity contribution in [1.29, 1.82) is 5.26 Å². The van der Waals surface area contributed by atoms with Gasteiger partial charge >= 0.3 is 0 Å². The molecule has 1 unspecified atom stereocenters. The van der Waals surface area contributed by atoms with Gasteiger partial charge in [-0.2, -0.15) is 5.26 Å². The predicted molar refractivity (Wildman–Crippen MR) is 74.3 cm³/mol. The molecular formula is C15H19NSi. The number of nitriles is 1. The van der Waals surface area contributed by atoms with Crippen molar-refractivity contribution in [3.05, 3.63) is 47.7 Å². The van der Waals surface area contributed by atoms with Gasteiger partial charge in [0.25, 0.3) is 0 Å². The molecule has 0 aliphatic heterocycles. The van der Waals surface area contributed by atoms with E-state index in [4.69, 9.17) is 5.26 Å². The molecule has 0 amide bonds. The summed E-state index contributed by atoms with van der Waals surface area (Å²) in [7, 11) is -1.14. The van der Waals surface area contributed by atoms with E-state index in [0.29, 0.717) is 11.8 Å². The van der Waals surface area contributed by atoms with E-state index in [0.717, 1.165) is 0 Å². The molecule has 1 aromatic rings. The average molecular weight is 241 g/mol. The molecule has 0 aromatic heterocycles. The van der Waals surface area contributed by atoms with Gasteiger partial charge in [-0.1, -0.05) is 61.7 Å². The van der Waals surface area contributed by atoms with Crippen molar-refractivity contribution in [3.63, 3.8) is 0 Å². The van der Waals surface area contributed by atoms with Crippen LogP contribution in [-0.2, 0) is 0 Å². The molecule has 1 aromatic carbocycles. The number of rotatable bonds is 3. The second-order valence-corrected chi connectivity index (χ2v) is 11.0. The minimum absolute atomic E-state index is 0.185. The Morgan fingerprint density at radius 2 is 1.82 bits per heavy atom. The molecule has 0 spiro atoms. The van der Waals surface area contributed by atoms with Crippen LogP contribution in [0.15, 0.2) is 42.1 Å². The van der Waals surface area contributed by atoms with E-state index >= 15 is 0 Å². The summed E-state index contributed by atoms with van der Waals surface area (Å²) in [6.45, 7) is 6.97. The van der Waals surface area contributed by atoms with E-state index in [1.54, 1.807) is 0 Å². The fourth-order valence-corrected chi connectivity index (χ4v) is 3.04. The predicted octanol–water partition coefficient (Wildman–Crippen LogP) is 3.97. The van der Waals surface area contributed by atoms with Gasteiger partial charge in [-0.05, 0) is 5.56 Å². The highest BCUT2D eigenvalue weighted by atomic mass is 28.3. The molecule has 17 heavy (non-hydrogen) atoms. The first-order chi connectivity index (χ1) is 8.03. The van der Waals surface area contributed by atoms with Gasteiger partial charge < -0.3 is 0 Å². The molecule has 0 heterocycles. The van der Waals surface area contributed by atoms with Gasteiger partial charge in [0.1, 0.15) is 0 Å². The zero-order valence-corrected chi connectivity index (χ0v) is 11.7. The minimum atomic E-state index is -1.14. The second kappa shape index (κ2) is 4.50. The summed E-state index contributed by atoms with van der Waals surface area (Å²) < 4.78 is 0. The maximum atomic E-state index is 9.17. The van der Waals surface area contributed by atoms with Crippen LogP contribution in [0.4, 0.5) is 0 Å². The van der Waals surface area contributed by atoms with Crippen molar-refractivity contribution in [2.75, 3.05) is 0 Å². The molecule has 0 saturated heterocycles. The molecule has 0 bridgehead atoms. The molecule has 1 fully saturated rings. The number of benzene rings is 1. The molecule has 1 aliphatic carbocycles.